The number of nitrogens with one attached hydrogen (secondary N) is 1. The maximum Gasteiger partial charge on any atom is 0.293 e. The molecular weight excluding hydrogens is 284 g/mol. The molecule has 0 aliphatic heterocycles. The lowest BCUT2D eigenvalue weighted by molar-refractivity contribution is 0.0995. The summed E-state index contributed by atoms with van der Waals surface area (Å²) in [7, 11) is 0. The van der Waals surface area contributed by atoms with Crippen molar-refractivity contribution in [3.63, 3.8) is 0 Å². The predicted octanol–water partition coefficient (Wildman–Crippen LogP) is 4.41. The summed E-state index contributed by atoms with van der Waals surface area (Å²) in [5.41, 5.74) is 0.967. The van der Waals surface area contributed by atoms with E-state index in [1.54, 1.807) is 19.1 Å². The molecule has 2 aromatic rings. The largest absolute Gasteiger partial charge is 0.454 e. The number of halogens is 1. The smallest absolute Gasteiger partial charge is 0.293 e. The number of thiazole rings is 1. The maximum absolute atomic E-state index is 11.9. The van der Waals surface area contributed by atoms with E-state index in [2.05, 4.69) is 24.1 Å². The van der Waals surface area contributed by atoms with Crippen molar-refractivity contribution >= 4 is 34.0 Å². The zero-order valence-electron chi connectivity index (χ0n) is 10.9. The number of furan rings is 1. The molecule has 1 amide bonds. The summed E-state index contributed by atoms with van der Waals surface area (Å²) in [5, 5.41) is 4.98. The van der Waals surface area contributed by atoms with Crippen molar-refractivity contribution < 1.29 is 9.21 Å². The molecule has 0 aliphatic carbocycles. The van der Waals surface area contributed by atoms with Gasteiger partial charge < -0.3 is 4.42 Å². The van der Waals surface area contributed by atoms with Gasteiger partial charge in [-0.15, -0.1) is 22.9 Å². The predicted molar refractivity (Wildman–Crippen MR) is 77.1 cm³/mol. The Morgan fingerprint density at radius 3 is 2.68 bits per heavy atom. The average Bonchev–Trinajstić information content (AvgIpc) is 2.96. The van der Waals surface area contributed by atoms with Crippen LogP contribution in [0.4, 0.5) is 5.13 Å². The van der Waals surface area contributed by atoms with E-state index < -0.39 is 0 Å². The van der Waals surface area contributed by atoms with Crippen molar-refractivity contribution in [1.29, 1.82) is 0 Å². The van der Waals surface area contributed by atoms with Gasteiger partial charge in [-0.3, -0.25) is 10.1 Å². The highest BCUT2D eigenvalue weighted by Gasteiger charge is 2.15. The number of aromatic nitrogens is 1. The van der Waals surface area contributed by atoms with Crippen LogP contribution in [0.1, 0.15) is 54.1 Å². The zero-order valence-corrected chi connectivity index (χ0v) is 12.5. The van der Waals surface area contributed by atoms with Gasteiger partial charge in [0.2, 0.25) is 0 Å². The normalized spacial score (nSPS) is 12.7. The molecule has 0 bridgehead atoms. The molecule has 1 N–H and O–H groups in total. The first kappa shape index (κ1) is 14.1. The fourth-order valence-electron chi connectivity index (χ4n) is 1.46. The minimum absolute atomic E-state index is 0.240. The molecule has 6 heteroatoms. The van der Waals surface area contributed by atoms with Crippen LogP contribution in [0, 0.1) is 0 Å². The number of anilines is 1. The Kier molecular flexibility index (Phi) is 4.27. The van der Waals surface area contributed by atoms with Gasteiger partial charge in [0.15, 0.2) is 10.9 Å². The SMILES string of the molecule is CC(C)c1csc(NC(=O)c2ccc(C(C)Cl)o2)n1. The molecular formula is C13H15ClN2O2S. The van der Waals surface area contributed by atoms with Gasteiger partial charge in [0, 0.05) is 5.38 Å². The van der Waals surface area contributed by atoms with E-state index in [-0.39, 0.29) is 17.0 Å². The van der Waals surface area contributed by atoms with Gasteiger partial charge >= 0.3 is 0 Å². The van der Waals surface area contributed by atoms with Crippen molar-refractivity contribution in [2.24, 2.45) is 0 Å². The Balaban J connectivity index is 2.07. The topological polar surface area (TPSA) is 55.1 Å². The zero-order chi connectivity index (χ0) is 14.0. The van der Waals surface area contributed by atoms with E-state index in [0.29, 0.717) is 16.8 Å². The van der Waals surface area contributed by atoms with E-state index in [1.807, 2.05) is 5.38 Å². The molecule has 2 aromatic heterocycles. The second kappa shape index (κ2) is 5.75. The number of carbonyl (C=O) groups is 1. The van der Waals surface area contributed by atoms with Crippen molar-refractivity contribution in [3.05, 3.63) is 34.7 Å². The highest BCUT2D eigenvalue weighted by Crippen LogP contribution is 2.24. The molecule has 1 unspecified atom stereocenters. The summed E-state index contributed by atoms with van der Waals surface area (Å²) in [6, 6.07) is 3.31. The number of carbonyl (C=O) groups excluding carboxylic acids is 1. The number of alkyl halides is 1. The minimum Gasteiger partial charge on any atom is -0.454 e. The van der Waals surface area contributed by atoms with Gasteiger partial charge in [-0.05, 0) is 25.0 Å². The summed E-state index contributed by atoms with van der Waals surface area (Å²) >= 11 is 7.29. The molecule has 0 spiro atoms. The Labute approximate surface area is 120 Å². The third-order valence-electron chi connectivity index (χ3n) is 2.58. The molecule has 0 saturated heterocycles. The van der Waals surface area contributed by atoms with E-state index in [0.717, 1.165) is 5.69 Å². The van der Waals surface area contributed by atoms with Crippen molar-refractivity contribution in [2.75, 3.05) is 5.32 Å². The second-order valence-electron chi connectivity index (χ2n) is 4.50. The van der Waals surface area contributed by atoms with Gasteiger partial charge in [-0.1, -0.05) is 13.8 Å². The molecule has 1 atom stereocenters. The summed E-state index contributed by atoms with van der Waals surface area (Å²) in [4.78, 5) is 16.3. The lowest BCUT2D eigenvalue weighted by Crippen LogP contribution is -2.10. The molecule has 4 nitrogen and oxygen atoms in total. The fourth-order valence-corrected chi connectivity index (χ4v) is 2.44. The van der Waals surface area contributed by atoms with Crippen molar-refractivity contribution in [2.45, 2.75) is 32.1 Å². The molecule has 0 saturated carbocycles. The van der Waals surface area contributed by atoms with Crippen LogP contribution in [0.2, 0.25) is 0 Å². The van der Waals surface area contributed by atoms with Crippen molar-refractivity contribution in [1.82, 2.24) is 4.98 Å². The third kappa shape index (κ3) is 3.36. The number of nitrogens with zero attached hydrogens (tertiary/aromatic N) is 1. The number of hydrogen-bond acceptors (Lipinski definition) is 4. The summed E-state index contributed by atoms with van der Waals surface area (Å²) in [6.45, 7) is 5.90. The molecule has 0 aliphatic rings. The number of rotatable bonds is 4. The van der Waals surface area contributed by atoms with Gasteiger partial charge in [-0.2, -0.15) is 0 Å². The van der Waals surface area contributed by atoms with Crippen LogP contribution >= 0.6 is 22.9 Å². The highest BCUT2D eigenvalue weighted by molar-refractivity contribution is 7.14. The second-order valence-corrected chi connectivity index (χ2v) is 6.02. The molecule has 19 heavy (non-hydrogen) atoms. The molecule has 2 rings (SSSR count). The van der Waals surface area contributed by atoms with E-state index in [1.165, 1.54) is 11.3 Å². The van der Waals surface area contributed by atoms with Gasteiger partial charge in [0.25, 0.3) is 5.91 Å². The molecule has 2 heterocycles. The van der Waals surface area contributed by atoms with Crippen molar-refractivity contribution in [3.8, 4) is 0 Å². The van der Waals surface area contributed by atoms with E-state index in [4.69, 9.17) is 16.0 Å². The Bertz CT molecular complexity index is 575. The molecule has 0 radical (unpaired) electrons. The van der Waals surface area contributed by atoms with Gasteiger partial charge in [0.1, 0.15) is 5.76 Å². The fraction of sp³-hybridized carbons (Fsp3) is 0.385. The first-order valence-corrected chi connectivity index (χ1v) is 7.29. The van der Waals surface area contributed by atoms with Gasteiger partial charge in [-0.25, -0.2) is 4.98 Å². The number of hydrogen-bond donors (Lipinski definition) is 1. The van der Waals surface area contributed by atoms with Crippen LogP contribution in [0.3, 0.4) is 0 Å². The molecule has 0 fully saturated rings. The van der Waals surface area contributed by atoms with Crippen LogP contribution in [0.25, 0.3) is 0 Å². The molecule has 0 aromatic carbocycles. The quantitative estimate of drug-likeness (QED) is 0.851. The first-order valence-electron chi connectivity index (χ1n) is 5.98. The lowest BCUT2D eigenvalue weighted by atomic mass is 10.2. The molecule has 102 valence electrons. The van der Waals surface area contributed by atoms with E-state index >= 15 is 0 Å². The number of amides is 1. The lowest BCUT2D eigenvalue weighted by Gasteiger charge is -2.00. The van der Waals surface area contributed by atoms with Gasteiger partial charge in [0.05, 0.1) is 11.1 Å². The minimum atomic E-state index is -0.312. The maximum atomic E-state index is 11.9. The highest BCUT2D eigenvalue weighted by atomic mass is 35.5. The van der Waals surface area contributed by atoms with Crippen LogP contribution in [-0.2, 0) is 0 Å². The summed E-state index contributed by atoms with van der Waals surface area (Å²) < 4.78 is 5.37. The van der Waals surface area contributed by atoms with Crippen LogP contribution in [0.15, 0.2) is 21.9 Å². The Morgan fingerprint density at radius 2 is 2.16 bits per heavy atom. The standard InChI is InChI=1S/C13H15ClN2O2S/c1-7(2)9-6-19-13(15-9)16-12(17)11-5-4-10(18-11)8(3)14/h4-8H,1-3H3,(H,15,16,17). The third-order valence-corrected chi connectivity index (χ3v) is 3.57. The summed E-state index contributed by atoms with van der Waals surface area (Å²) in [5.74, 6) is 0.847. The average molecular weight is 299 g/mol. The van der Waals surface area contributed by atoms with Crippen LogP contribution in [0.5, 0.6) is 0 Å². The Morgan fingerprint density at radius 1 is 1.42 bits per heavy atom. The van der Waals surface area contributed by atoms with E-state index in [9.17, 15) is 4.79 Å². The van der Waals surface area contributed by atoms with Crippen LogP contribution in [-0.4, -0.2) is 10.9 Å². The summed E-state index contributed by atoms with van der Waals surface area (Å²) in [6.07, 6.45) is 0. The first-order chi connectivity index (χ1) is 8.97. The monoisotopic (exact) mass is 298 g/mol. The van der Waals surface area contributed by atoms with Crippen LogP contribution < -0.4 is 5.32 Å². The Hall–Kier alpha value is -1.33.